The highest BCUT2D eigenvalue weighted by Crippen LogP contribution is 2.15. The molecule has 0 radical (unpaired) electrons. The minimum absolute atomic E-state index is 0.0318. The quantitative estimate of drug-likeness (QED) is 0.917. The van der Waals surface area contributed by atoms with Crippen LogP contribution >= 0.6 is 0 Å². The standard InChI is InChI=1S/C18H24N2O/c1-13(2)11-15-6-8-16(9-7-15)17(19)12-20-10-4-5-14(3)18(20)21/h4-10,13,17H,11-12,19H2,1-3H3. The lowest BCUT2D eigenvalue weighted by Gasteiger charge is -2.15. The Morgan fingerprint density at radius 3 is 2.43 bits per heavy atom. The van der Waals surface area contributed by atoms with Crippen molar-refractivity contribution in [2.45, 2.75) is 39.8 Å². The van der Waals surface area contributed by atoms with E-state index in [-0.39, 0.29) is 11.6 Å². The number of rotatable bonds is 5. The maximum atomic E-state index is 12.0. The van der Waals surface area contributed by atoms with Crippen molar-refractivity contribution in [2.75, 3.05) is 0 Å². The highest BCUT2D eigenvalue weighted by molar-refractivity contribution is 5.25. The first-order valence-corrected chi connectivity index (χ1v) is 7.48. The van der Waals surface area contributed by atoms with E-state index in [9.17, 15) is 4.79 Å². The van der Waals surface area contributed by atoms with Gasteiger partial charge in [-0.25, -0.2) is 0 Å². The van der Waals surface area contributed by atoms with E-state index in [0.29, 0.717) is 12.5 Å². The molecule has 1 heterocycles. The third-order valence-corrected chi connectivity index (χ3v) is 3.66. The summed E-state index contributed by atoms with van der Waals surface area (Å²) in [6.07, 6.45) is 2.87. The predicted octanol–water partition coefficient (Wildman–Crippen LogP) is 3.06. The van der Waals surface area contributed by atoms with Gasteiger partial charge in [0.05, 0.1) is 0 Å². The van der Waals surface area contributed by atoms with Gasteiger partial charge in [0, 0.05) is 24.3 Å². The maximum absolute atomic E-state index is 12.0. The number of hydrogen-bond acceptors (Lipinski definition) is 2. The molecule has 0 saturated heterocycles. The SMILES string of the molecule is Cc1cccn(CC(N)c2ccc(CC(C)C)cc2)c1=O. The molecule has 0 aliphatic rings. The first-order valence-electron chi connectivity index (χ1n) is 7.48. The van der Waals surface area contributed by atoms with Crippen molar-refractivity contribution >= 4 is 0 Å². The molecule has 2 rings (SSSR count). The van der Waals surface area contributed by atoms with Gasteiger partial charge < -0.3 is 10.3 Å². The van der Waals surface area contributed by atoms with Gasteiger partial charge in [-0.2, -0.15) is 0 Å². The highest BCUT2D eigenvalue weighted by Gasteiger charge is 2.09. The lowest BCUT2D eigenvalue weighted by Crippen LogP contribution is -2.27. The fourth-order valence-electron chi connectivity index (χ4n) is 2.49. The van der Waals surface area contributed by atoms with E-state index in [4.69, 9.17) is 5.73 Å². The van der Waals surface area contributed by atoms with Crippen LogP contribution in [0.2, 0.25) is 0 Å². The molecule has 2 aromatic rings. The zero-order valence-electron chi connectivity index (χ0n) is 13.0. The summed E-state index contributed by atoms with van der Waals surface area (Å²) in [7, 11) is 0. The number of nitrogens with zero attached hydrogens (tertiary/aromatic N) is 1. The molecule has 0 aliphatic heterocycles. The molecule has 1 aromatic heterocycles. The molecule has 3 heteroatoms. The Morgan fingerprint density at radius 2 is 1.81 bits per heavy atom. The van der Waals surface area contributed by atoms with E-state index in [2.05, 4.69) is 38.1 Å². The summed E-state index contributed by atoms with van der Waals surface area (Å²) in [4.78, 5) is 12.0. The summed E-state index contributed by atoms with van der Waals surface area (Å²) in [6.45, 7) is 6.75. The van der Waals surface area contributed by atoms with E-state index in [0.717, 1.165) is 17.5 Å². The summed E-state index contributed by atoms with van der Waals surface area (Å²) in [6, 6.07) is 12.0. The smallest absolute Gasteiger partial charge is 0.253 e. The molecule has 112 valence electrons. The molecule has 3 nitrogen and oxygen atoms in total. The molecule has 0 amide bonds. The summed E-state index contributed by atoms with van der Waals surface area (Å²) < 4.78 is 1.68. The molecule has 21 heavy (non-hydrogen) atoms. The van der Waals surface area contributed by atoms with Crippen molar-refractivity contribution < 1.29 is 0 Å². The molecule has 0 fully saturated rings. The molecule has 1 atom stereocenters. The van der Waals surface area contributed by atoms with Crippen LogP contribution in [0.4, 0.5) is 0 Å². The number of nitrogens with two attached hydrogens (primary N) is 1. The Hall–Kier alpha value is -1.87. The maximum Gasteiger partial charge on any atom is 0.253 e. The second-order valence-electron chi connectivity index (χ2n) is 6.09. The summed E-state index contributed by atoms with van der Waals surface area (Å²) >= 11 is 0. The Morgan fingerprint density at radius 1 is 1.14 bits per heavy atom. The van der Waals surface area contributed by atoms with Gasteiger partial charge in [0.15, 0.2) is 0 Å². The zero-order valence-corrected chi connectivity index (χ0v) is 13.0. The monoisotopic (exact) mass is 284 g/mol. The Bertz CT molecular complexity index is 641. The minimum Gasteiger partial charge on any atom is -0.322 e. The van der Waals surface area contributed by atoms with Crippen LogP contribution in [0.15, 0.2) is 47.4 Å². The Kier molecular flexibility index (Phi) is 4.97. The van der Waals surface area contributed by atoms with Gasteiger partial charge in [-0.05, 0) is 36.5 Å². The molecule has 0 saturated carbocycles. The molecule has 0 bridgehead atoms. The molecule has 0 spiro atoms. The number of aromatic nitrogens is 1. The van der Waals surface area contributed by atoms with Crippen LogP contribution in [0.3, 0.4) is 0 Å². The Balaban J connectivity index is 2.11. The van der Waals surface area contributed by atoms with Crippen LogP contribution in [0, 0.1) is 12.8 Å². The normalized spacial score (nSPS) is 12.6. The van der Waals surface area contributed by atoms with Crippen LogP contribution in [0.1, 0.15) is 36.6 Å². The lowest BCUT2D eigenvalue weighted by atomic mass is 9.99. The summed E-state index contributed by atoms with van der Waals surface area (Å²) in [5.41, 5.74) is 9.41. The summed E-state index contributed by atoms with van der Waals surface area (Å²) in [5, 5.41) is 0. The number of pyridine rings is 1. The van der Waals surface area contributed by atoms with E-state index < -0.39 is 0 Å². The van der Waals surface area contributed by atoms with Crippen molar-refractivity contribution in [1.82, 2.24) is 4.57 Å². The van der Waals surface area contributed by atoms with E-state index >= 15 is 0 Å². The third-order valence-electron chi connectivity index (χ3n) is 3.66. The largest absolute Gasteiger partial charge is 0.322 e. The van der Waals surface area contributed by atoms with E-state index in [1.54, 1.807) is 10.8 Å². The van der Waals surface area contributed by atoms with Gasteiger partial charge in [-0.3, -0.25) is 4.79 Å². The number of aryl methyl sites for hydroxylation is 1. The van der Waals surface area contributed by atoms with Crippen LogP contribution in [0.25, 0.3) is 0 Å². The van der Waals surface area contributed by atoms with Crippen molar-refractivity contribution in [1.29, 1.82) is 0 Å². The molecule has 0 aliphatic carbocycles. The van der Waals surface area contributed by atoms with Crippen LogP contribution in [-0.2, 0) is 13.0 Å². The first kappa shape index (κ1) is 15.5. The van der Waals surface area contributed by atoms with Crippen molar-refractivity contribution in [3.05, 3.63) is 69.6 Å². The van der Waals surface area contributed by atoms with Crippen molar-refractivity contribution in [3.8, 4) is 0 Å². The second-order valence-corrected chi connectivity index (χ2v) is 6.09. The second kappa shape index (κ2) is 6.72. The van der Waals surface area contributed by atoms with Gasteiger partial charge in [0.2, 0.25) is 0 Å². The average molecular weight is 284 g/mol. The summed E-state index contributed by atoms with van der Waals surface area (Å²) in [5.74, 6) is 0.649. The number of hydrogen-bond donors (Lipinski definition) is 1. The van der Waals surface area contributed by atoms with E-state index in [1.807, 2.05) is 19.1 Å². The molecule has 1 aromatic carbocycles. The van der Waals surface area contributed by atoms with E-state index in [1.165, 1.54) is 5.56 Å². The van der Waals surface area contributed by atoms with Crippen molar-refractivity contribution in [3.63, 3.8) is 0 Å². The molecular weight excluding hydrogens is 260 g/mol. The molecule has 1 unspecified atom stereocenters. The lowest BCUT2D eigenvalue weighted by molar-refractivity contribution is 0.559. The molecular formula is C18H24N2O. The first-order chi connectivity index (χ1) is 9.97. The fraction of sp³-hybridized carbons (Fsp3) is 0.389. The van der Waals surface area contributed by atoms with Crippen LogP contribution in [0.5, 0.6) is 0 Å². The minimum atomic E-state index is -0.169. The fourth-order valence-corrected chi connectivity index (χ4v) is 2.49. The topological polar surface area (TPSA) is 48.0 Å². The average Bonchev–Trinajstić information content (AvgIpc) is 2.44. The zero-order chi connectivity index (χ0) is 15.4. The van der Waals surface area contributed by atoms with Crippen LogP contribution < -0.4 is 11.3 Å². The van der Waals surface area contributed by atoms with Gasteiger partial charge >= 0.3 is 0 Å². The third kappa shape index (κ3) is 4.05. The van der Waals surface area contributed by atoms with Crippen LogP contribution in [-0.4, -0.2) is 4.57 Å². The Labute approximate surface area is 126 Å². The van der Waals surface area contributed by atoms with Gasteiger partial charge in [0.1, 0.15) is 0 Å². The number of benzene rings is 1. The van der Waals surface area contributed by atoms with Gasteiger partial charge in [-0.15, -0.1) is 0 Å². The predicted molar refractivity (Wildman–Crippen MR) is 87.4 cm³/mol. The van der Waals surface area contributed by atoms with Gasteiger partial charge in [-0.1, -0.05) is 44.2 Å². The van der Waals surface area contributed by atoms with Crippen molar-refractivity contribution in [2.24, 2.45) is 11.7 Å². The molecule has 2 N–H and O–H groups in total. The highest BCUT2D eigenvalue weighted by atomic mass is 16.1. The van der Waals surface area contributed by atoms with Gasteiger partial charge in [0.25, 0.3) is 5.56 Å².